The molecule has 0 aliphatic heterocycles. The Kier molecular flexibility index (Phi) is 6.15. The number of amides is 1. The van der Waals surface area contributed by atoms with E-state index in [1.165, 1.54) is 0 Å². The van der Waals surface area contributed by atoms with Crippen LogP contribution in [0.2, 0.25) is 0 Å². The van der Waals surface area contributed by atoms with Crippen LogP contribution in [0.25, 0.3) is 0 Å². The number of nitrogens with zero attached hydrogens (tertiary/aromatic N) is 1. The topological polar surface area (TPSA) is 38.8 Å². The van der Waals surface area contributed by atoms with Crippen LogP contribution >= 0.6 is 15.9 Å². The van der Waals surface area contributed by atoms with Crippen molar-refractivity contribution in [2.45, 2.75) is 6.92 Å². The van der Waals surface area contributed by atoms with Gasteiger partial charge in [-0.05, 0) is 25.1 Å². The fourth-order valence-electron chi connectivity index (χ4n) is 1.62. The monoisotopic (exact) mass is 315 g/mol. The van der Waals surface area contributed by atoms with Crippen LogP contribution in [0.1, 0.15) is 17.3 Å². The first kappa shape index (κ1) is 15.0. The maximum Gasteiger partial charge on any atom is 0.257 e. The Morgan fingerprint density at radius 3 is 2.67 bits per heavy atom. The number of ether oxygens (including phenoxy) is 2. The number of hydrogen-bond acceptors (Lipinski definition) is 3. The fourth-order valence-corrected chi connectivity index (χ4v) is 1.96. The Hall–Kier alpha value is -1.07. The Bertz CT molecular complexity index is 409. The van der Waals surface area contributed by atoms with Crippen LogP contribution in [0.5, 0.6) is 5.75 Å². The minimum absolute atomic E-state index is 0.0427. The lowest BCUT2D eigenvalue weighted by Gasteiger charge is -2.21. The molecular weight excluding hydrogens is 298 g/mol. The second-order valence-corrected chi connectivity index (χ2v) is 4.64. The number of carbonyl (C=O) groups excluding carboxylic acids is 1. The van der Waals surface area contributed by atoms with E-state index in [4.69, 9.17) is 9.47 Å². The lowest BCUT2D eigenvalue weighted by Crippen LogP contribution is -2.33. The zero-order chi connectivity index (χ0) is 13.5. The second kappa shape index (κ2) is 7.38. The largest absolute Gasteiger partial charge is 0.496 e. The van der Waals surface area contributed by atoms with E-state index in [9.17, 15) is 4.79 Å². The van der Waals surface area contributed by atoms with E-state index in [1.54, 1.807) is 31.3 Å². The van der Waals surface area contributed by atoms with E-state index in [1.807, 2.05) is 13.0 Å². The molecule has 0 aliphatic rings. The number of rotatable bonds is 6. The minimum atomic E-state index is -0.0427. The summed E-state index contributed by atoms with van der Waals surface area (Å²) in [5.41, 5.74) is 0.568. The smallest absolute Gasteiger partial charge is 0.257 e. The predicted molar refractivity (Wildman–Crippen MR) is 74.1 cm³/mol. The van der Waals surface area contributed by atoms with Gasteiger partial charge in [-0.25, -0.2) is 0 Å². The maximum atomic E-state index is 12.3. The Morgan fingerprint density at radius 1 is 1.39 bits per heavy atom. The van der Waals surface area contributed by atoms with Gasteiger partial charge in [0.15, 0.2) is 0 Å². The molecule has 4 nitrogen and oxygen atoms in total. The summed E-state index contributed by atoms with van der Waals surface area (Å²) in [5.74, 6) is 0.532. The van der Waals surface area contributed by atoms with Crippen LogP contribution in [0.15, 0.2) is 22.7 Å². The second-order valence-electron chi connectivity index (χ2n) is 3.72. The van der Waals surface area contributed by atoms with E-state index in [0.717, 1.165) is 4.47 Å². The molecule has 0 radical (unpaired) electrons. The van der Waals surface area contributed by atoms with Gasteiger partial charge >= 0.3 is 0 Å². The van der Waals surface area contributed by atoms with E-state index in [2.05, 4.69) is 15.9 Å². The molecule has 5 heteroatoms. The van der Waals surface area contributed by atoms with Crippen molar-refractivity contribution in [1.82, 2.24) is 4.90 Å². The number of likely N-dealkylation sites (N-methyl/N-ethyl adjacent to an activating group) is 1. The summed E-state index contributed by atoms with van der Waals surface area (Å²) in [5, 5.41) is 0. The normalized spacial score (nSPS) is 10.2. The third kappa shape index (κ3) is 3.71. The van der Waals surface area contributed by atoms with E-state index in [-0.39, 0.29) is 5.91 Å². The zero-order valence-electron chi connectivity index (χ0n) is 10.9. The molecule has 0 heterocycles. The number of halogens is 1. The van der Waals surface area contributed by atoms with Crippen molar-refractivity contribution in [2.24, 2.45) is 0 Å². The summed E-state index contributed by atoms with van der Waals surface area (Å²) in [4.78, 5) is 14.1. The van der Waals surface area contributed by atoms with Crippen LogP contribution in [0, 0.1) is 0 Å². The minimum Gasteiger partial charge on any atom is -0.496 e. The zero-order valence-corrected chi connectivity index (χ0v) is 12.5. The highest BCUT2D eigenvalue weighted by molar-refractivity contribution is 9.10. The molecule has 1 aromatic carbocycles. The van der Waals surface area contributed by atoms with Gasteiger partial charge in [0.1, 0.15) is 5.75 Å². The Balaban J connectivity index is 2.93. The molecule has 0 saturated heterocycles. The summed E-state index contributed by atoms with van der Waals surface area (Å²) in [6.45, 7) is 3.68. The molecule has 0 unspecified atom stereocenters. The van der Waals surface area contributed by atoms with Crippen molar-refractivity contribution in [3.05, 3.63) is 28.2 Å². The van der Waals surface area contributed by atoms with Crippen LogP contribution in [-0.2, 0) is 4.74 Å². The predicted octanol–water partition coefficient (Wildman–Crippen LogP) is 2.57. The van der Waals surface area contributed by atoms with Gasteiger partial charge in [-0.2, -0.15) is 0 Å². The van der Waals surface area contributed by atoms with Crippen molar-refractivity contribution in [1.29, 1.82) is 0 Å². The summed E-state index contributed by atoms with van der Waals surface area (Å²) >= 11 is 3.36. The molecule has 1 aromatic rings. The summed E-state index contributed by atoms with van der Waals surface area (Å²) in [7, 11) is 3.18. The van der Waals surface area contributed by atoms with Crippen LogP contribution in [-0.4, -0.2) is 44.7 Å². The molecule has 0 spiro atoms. The van der Waals surface area contributed by atoms with Crippen molar-refractivity contribution in [2.75, 3.05) is 33.9 Å². The number of carbonyl (C=O) groups is 1. The summed E-state index contributed by atoms with van der Waals surface area (Å²) in [6, 6.07) is 5.39. The molecule has 0 atom stereocenters. The first-order chi connectivity index (χ1) is 8.63. The highest BCUT2D eigenvalue weighted by Crippen LogP contribution is 2.24. The maximum absolute atomic E-state index is 12.3. The number of methoxy groups -OCH3 is 2. The van der Waals surface area contributed by atoms with E-state index in [0.29, 0.717) is 31.0 Å². The molecule has 0 aromatic heterocycles. The molecule has 100 valence electrons. The molecule has 0 fully saturated rings. The quantitative estimate of drug-likeness (QED) is 0.810. The van der Waals surface area contributed by atoms with Crippen LogP contribution in [0.3, 0.4) is 0 Å². The molecule has 18 heavy (non-hydrogen) atoms. The van der Waals surface area contributed by atoms with Crippen molar-refractivity contribution in [3.63, 3.8) is 0 Å². The highest BCUT2D eigenvalue weighted by atomic mass is 79.9. The van der Waals surface area contributed by atoms with Gasteiger partial charge in [-0.15, -0.1) is 0 Å². The molecule has 1 rings (SSSR count). The van der Waals surface area contributed by atoms with Crippen LogP contribution in [0.4, 0.5) is 0 Å². The third-order valence-electron chi connectivity index (χ3n) is 2.63. The molecule has 1 amide bonds. The first-order valence-electron chi connectivity index (χ1n) is 5.75. The summed E-state index contributed by atoms with van der Waals surface area (Å²) < 4.78 is 11.1. The van der Waals surface area contributed by atoms with Gasteiger partial charge in [-0.1, -0.05) is 15.9 Å². The van der Waals surface area contributed by atoms with Crippen molar-refractivity contribution >= 4 is 21.8 Å². The van der Waals surface area contributed by atoms with E-state index >= 15 is 0 Å². The fraction of sp³-hybridized carbons (Fsp3) is 0.462. The van der Waals surface area contributed by atoms with Crippen molar-refractivity contribution in [3.8, 4) is 5.75 Å². The summed E-state index contributed by atoms with van der Waals surface area (Å²) in [6.07, 6.45) is 0. The van der Waals surface area contributed by atoms with Gasteiger partial charge in [0.25, 0.3) is 5.91 Å². The molecular formula is C13H18BrNO3. The molecule has 0 aliphatic carbocycles. The van der Waals surface area contributed by atoms with E-state index < -0.39 is 0 Å². The van der Waals surface area contributed by atoms with Crippen molar-refractivity contribution < 1.29 is 14.3 Å². The average molecular weight is 316 g/mol. The Labute approximate surface area is 116 Å². The standard InChI is InChI=1S/C13H18BrNO3/c1-4-15(7-8-17-2)13(16)11-6-5-10(14)9-12(11)18-3/h5-6,9H,4,7-8H2,1-3H3. The number of benzene rings is 1. The van der Waals surface area contributed by atoms with Gasteiger partial charge in [0.05, 0.1) is 19.3 Å². The third-order valence-corrected chi connectivity index (χ3v) is 3.12. The molecule has 0 saturated carbocycles. The highest BCUT2D eigenvalue weighted by Gasteiger charge is 2.18. The number of hydrogen-bond donors (Lipinski definition) is 0. The van der Waals surface area contributed by atoms with Gasteiger partial charge in [-0.3, -0.25) is 4.79 Å². The molecule has 0 N–H and O–H groups in total. The lowest BCUT2D eigenvalue weighted by atomic mass is 10.1. The van der Waals surface area contributed by atoms with Gasteiger partial charge in [0.2, 0.25) is 0 Å². The molecule has 0 bridgehead atoms. The first-order valence-corrected chi connectivity index (χ1v) is 6.55. The lowest BCUT2D eigenvalue weighted by molar-refractivity contribution is 0.0703. The van der Waals surface area contributed by atoms with Gasteiger partial charge < -0.3 is 14.4 Å². The SMILES string of the molecule is CCN(CCOC)C(=O)c1ccc(Br)cc1OC. The van der Waals surface area contributed by atoms with Crippen LogP contribution < -0.4 is 4.74 Å². The van der Waals surface area contributed by atoms with Gasteiger partial charge in [0, 0.05) is 24.7 Å². The Morgan fingerprint density at radius 2 is 2.11 bits per heavy atom. The average Bonchev–Trinajstić information content (AvgIpc) is 2.39.